The Bertz CT molecular complexity index is 361. The van der Waals surface area contributed by atoms with Crippen molar-refractivity contribution in [2.75, 3.05) is 46.1 Å². The third kappa shape index (κ3) is 2.81. The van der Waals surface area contributed by atoms with E-state index in [1.165, 1.54) is 0 Å². The summed E-state index contributed by atoms with van der Waals surface area (Å²) in [6.45, 7) is 3.13. The Morgan fingerprint density at radius 1 is 1.24 bits per heavy atom. The number of rotatable bonds is 3. The highest BCUT2D eigenvalue weighted by Gasteiger charge is 2.40. The lowest BCUT2D eigenvalue weighted by Gasteiger charge is -2.41. The topological polar surface area (TPSA) is 49.9 Å². The van der Waals surface area contributed by atoms with Gasteiger partial charge in [-0.1, -0.05) is 0 Å². The van der Waals surface area contributed by atoms with Crippen LogP contribution in [0.4, 0.5) is 0 Å². The van der Waals surface area contributed by atoms with E-state index in [0.717, 1.165) is 32.4 Å². The minimum atomic E-state index is -3.01. The van der Waals surface area contributed by atoms with Gasteiger partial charge in [-0.05, 0) is 26.3 Å². The Morgan fingerprint density at radius 3 is 2.35 bits per heavy atom. The predicted molar refractivity (Wildman–Crippen MR) is 66.4 cm³/mol. The van der Waals surface area contributed by atoms with Crippen LogP contribution in [-0.4, -0.2) is 69.3 Å². The van der Waals surface area contributed by atoms with Gasteiger partial charge in [0.1, 0.15) is 0 Å². The summed E-state index contributed by atoms with van der Waals surface area (Å²) < 4.78 is 30.9. The molecular formula is C11H22N2O3S. The van der Waals surface area contributed by atoms with Crippen molar-refractivity contribution in [3.05, 3.63) is 0 Å². The van der Waals surface area contributed by atoms with Crippen LogP contribution < -0.4 is 0 Å². The Hall–Kier alpha value is -0.170. The molecule has 0 aromatic carbocycles. The zero-order valence-electron chi connectivity index (χ0n) is 10.7. The summed E-state index contributed by atoms with van der Waals surface area (Å²) in [4.78, 5) is 2.26. The van der Waals surface area contributed by atoms with Crippen molar-refractivity contribution >= 4 is 10.0 Å². The molecule has 0 aliphatic carbocycles. The van der Waals surface area contributed by atoms with E-state index < -0.39 is 10.0 Å². The number of piperidine rings is 1. The molecule has 6 heteroatoms. The van der Waals surface area contributed by atoms with Gasteiger partial charge < -0.3 is 9.64 Å². The number of likely N-dealkylation sites (tertiary alicyclic amines) is 1. The van der Waals surface area contributed by atoms with Crippen LogP contribution in [0.3, 0.4) is 0 Å². The molecule has 2 heterocycles. The largest absolute Gasteiger partial charge is 0.377 e. The molecule has 0 N–H and O–H groups in total. The van der Waals surface area contributed by atoms with Gasteiger partial charge in [0, 0.05) is 33.3 Å². The lowest BCUT2D eigenvalue weighted by molar-refractivity contribution is -0.0616. The third-order valence-electron chi connectivity index (χ3n) is 4.00. The van der Waals surface area contributed by atoms with Crippen molar-refractivity contribution in [2.45, 2.75) is 24.9 Å². The van der Waals surface area contributed by atoms with Crippen molar-refractivity contribution in [2.24, 2.45) is 0 Å². The normalized spacial score (nSPS) is 29.5. The molecule has 0 amide bonds. The zero-order valence-corrected chi connectivity index (χ0v) is 11.5. The monoisotopic (exact) mass is 262 g/mol. The van der Waals surface area contributed by atoms with Crippen molar-refractivity contribution < 1.29 is 13.2 Å². The molecule has 2 aliphatic rings. The number of methoxy groups -OCH3 is 1. The summed E-state index contributed by atoms with van der Waals surface area (Å²) in [6, 6.07) is 0. The summed E-state index contributed by atoms with van der Waals surface area (Å²) in [5.41, 5.74) is -0.274. The van der Waals surface area contributed by atoms with Gasteiger partial charge in [-0.15, -0.1) is 0 Å². The highest BCUT2D eigenvalue weighted by Crippen LogP contribution is 2.28. The SMILES string of the molecule is COC1(CN2CCCS2(=O)=O)CCN(C)CC1. The highest BCUT2D eigenvalue weighted by molar-refractivity contribution is 7.89. The van der Waals surface area contributed by atoms with E-state index in [4.69, 9.17) is 4.74 Å². The van der Waals surface area contributed by atoms with E-state index in [-0.39, 0.29) is 5.60 Å². The molecule has 0 unspecified atom stereocenters. The Labute approximate surface area is 104 Å². The molecule has 5 nitrogen and oxygen atoms in total. The fraction of sp³-hybridized carbons (Fsp3) is 1.00. The number of ether oxygens (including phenoxy) is 1. The van der Waals surface area contributed by atoms with Gasteiger partial charge in [0.25, 0.3) is 0 Å². The molecular weight excluding hydrogens is 240 g/mol. The fourth-order valence-corrected chi connectivity index (χ4v) is 4.23. The first-order chi connectivity index (χ1) is 7.97. The highest BCUT2D eigenvalue weighted by atomic mass is 32.2. The number of hydrogen-bond acceptors (Lipinski definition) is 4. The maximum atomic E-state index is 11.8. The summed E-state index contributed by atoms with van der Waals surface area (Å²) >= 11 is 0. The van der Waals surface area contributed by atoms with Gasteiger partial charge in [-0.2, -0.15) is 4.31 Å². The van der Waals surface area contributed by atoms with Crippen LogP contribution in [0.2, 0.25) is 0 Å². The third-order valence-corrected chi connectivity index (χ3v) is 5.90. The first kappa shape index (κ1) is 13.3. The lowest BCUT2D eigenvalue weighted by Crippen LogP contribution is -2.51. The standard InChI is InChI=1S/C11H22N2O3S/c1-12-7-4-11(16-2,5-8-12)10-13-6-3-9-17(13,14)15/h3-10H2,1-2H3. The molecule has 100 valence electrons. The van der Waals surface area contributed by atoms with Crippen LogP contribution in [0.25, 0.3) is 0 Å². The molecule has 0 bridgehead atoms. The molecule has 2 rings (SSSR count). The van der Waals surface area contributed by atoms with E-state index in [2.05, 4.69) is 11.9 Å². The van der Waals surface area contributed by atoms with Gasteiger partial charge >= 0.3 is 0 Å². The average Bonchev–Trinajstić information content (AvgIpc) is 2.62. The Morgan fingerprint density at radius 2 is 1.88 bits per heavy atom. The van der Waals surface area contributed by atoms with Gasteiger partial charge in [0.15, 0.2) is 0 Å². The van der Waals surface area contributed by atoms with Gasteiger partial charge in [-0.25, -0.2) is 8.42 Å². The number of nitrogens with zero attached hydrogens (tertiary/aromatic N) is 2. The summed E-state index contributed by atoms with van der Waals surface area (Å²) in [5, 5.41) is 0. The van der Waals surface area contributed by atoms with Crippen LogP contribution >= 0.6 is 0 Å². The van der Waals surface area contributed by atoms with Gasteiger partial charge in [0.2, 0.25) is 10.0 Å². The van der Waals surface area contributed by atoms with E-state index >= 15 is 0 Å². The zero-order chi connectivity index (χ0) is 12.5. The molecule has 0 radical (unpaired) electrons. The lowest BCUT2D eigenvalue weighted by atomic mass is 9.91. The number of sulfonamides is 1. The summed E-state index contributed by atoms with van der Waals surface area (Å²) in [7, 11) is 0.783. The van der Waals surface area contributed by atoms with Crippen molar-refractivity contribution in [3.63, 3.8) is 0 Å². The van der Waals surface area contributed by atoms with E-state index in [1.54, 1.807) is 11.4 Å². The van der Waals surface area contributed by atoms with Gasteiger partial charge in [0.05, 0.1) is 11.4 Å². The van der Waals surface area contributed by atoms with Crippen LogP contribution in [0, 0.1) is 0 Å². The first-order valence-electron chi connectivity index (χ1n) is 6.19. The Kier molecular flexibility index (Phi) is 3.77. The van der Waals surface area contributed by atoms with E-state index in [0.29, 0.717) is 18.8 Å². The molecule has 2 saturated heterocycles. The number of hydrogen-bond donors (Lipinski definition) is 0. The predicted octanol–water partition coefficient (Wildman–Crippen LogP) is 0.133. The van der Waals surface area contributed by atoms with Crippen LogP contribution in [0.15, 0.2) is 0 Å². The van der Waals surface area contributed by atoms with Crippen molar-refractivity contribution in [1.82, 2.24) is 9.21 Å². The van der Waals surface area contributed by atoms with Gasteiger partial charge in [-0.3, -0.25) is 0 Å². The molecule has 0 aromatic rings. The molecule has 0 aromatic heterocycles. The second kappa shape index (κ2) is 4.84. The summed E-state index contributed by atoms with van der Waals surface area (Å²) in [5.74, 6) is 0.298. The second-order valence-electron chi connectivity index (χ2n) is 5.19. The van der Waals surface area contributed by atoms with E-state index in [1.807, 2.05) is 0 Å². The minimum Gasteiger partial charge on any atom is -0.377 e. The van der Waals surface area contributed by atoms with E-state index in [9.17, 15) is 8.42 Å². The average molecular weight is 262 g/mol. The molecule has 0 atom stereocenters. The molecule has 0 saturated carbocycles. The quantitative estimate of drug-likeness (QED) is 0.725. The Balaban J connectivity index is 2.05. The summed E-state index contributed by atoms with van der Waals surface area (Å²) in [6.07, 6.45) is 2.57. The van der Waals surface area contributed by atoms with Crippen molar-refractivity contribution in [3.8, 4) is 0 Å². The molecule has 2 fully saturated rings. The molecule has 0 spiro atoms. The smallest absolute Gasteiger partial charge is 0.214 e. The van der Waals surface area contributed by atoms with Crippen LogP contribution in [-0.2, 0) is 14.8 Å². The first-order valence-corrected chi connectivity index (χ1v) is 7.80. The molecule has 2 aliphatic heterocycles. The minimum absolute atomic E-state index is 0.274. The fourth-order valence-electron chi connectivity index (χ4n) is 2.64. The maximum absolute atomic E-state index is 11.8. The maximum Gasteiger partial charge on any atom is 0.214 e. The second-order valence-corrected chi connectivity index (χ2v) is 7.28. The van der Waals surface area contributed by atoms with Crippen LogP contribution in [0.5, 0.6) is 0 Å². The molecule has 17 heavy (non-hydrogen) atoms. The van der Waals surface area contributed by atoms with Crippen molar-refractivity contribution in [1.29, 1.82) is 0 Å². The van der Waals surface area contributed by atoms with Crippen LogP contribution in [0.1, 0.15) is 19.3 Å².